The van der Waals surface area contributed by atoms with Gasteiger partial charge in [-0.3, -0.25) is 4.79 Å². The van der Waals surface area contributed by atoms with Crippen LogP contribution in [0.3, 0.4) is 0 Å². The van der Waals surface area contributed by atoms with Gasteiger partial charge in [0.2, 0.25) is 0 Å². The molecule has 2 aliphatic rings. The highest BCUT2D eigenvalue weighted by atomic mass is 16.5. The van der Waals surface area contributed by atoms with E-state index in [1.165, 1.54) is 0 Å². The summed E-state index contributed by atoms with van der Waals surface area (Å²) in [6.45, 7) is 3.82. The lowest BCUT2D eigenvalue weighted by Crippen LogP contribution is -2.59. The first-order valence-electron chi connectivity index (χ1n) is 6.53. The molecule has 0 aromatic rings. The Balaban J connectivity index is 1.96. The van der Waals surface area contributed by atoms with Crippen LogP contribution in [-0.2, 0) is 9.53 Å². The average Bonchev–Trinajstić information content (AvgIpc) is 2.39. The lowest BCUT2D eigenvalue weighted by molar-refractivity contribution is -0.151. The minimum absolute atomic E-state index is 0.145. The second-order valence-corrected chi connectivity index (χ2v) is 5.04. The topological polar surface area (TPSA) is 58.8 Å². The standard InChI is InChI=1S/C12H23N3O2/c1-14-5-6-15(10(8-13)9-14)12(16)11-4-2-3-7-17-11/h10-11H,2-9,13H2,1H3. The van der Waals surface area contributed by atoms with Gasteiger partial charge in [-0.05, 0) is 26.3 Å². The van der Waals surface area contributed by atoms with Gasteiger partial charge in [-0.25, -0.2) is 0 Å². The van der Waals surface area contributed by atoms with Gasteiger partial charge in [-0.1, -0.05) is 0 Å². The molecule has 2 unspecified atom stereocenters. The summed E-state index contributed by atoms with van der Waals surface area (Å²) in [4.78, 5) is 16.5. The van der Waals surface area contributed by atoms with Crippen molar-refractivity contribution in [2.24, 2.45) is 5.73 Å². The number of nitrogens with zero attached hydrogens (tertiary/aromatic N) is 2. The highest BCUT2D eigenvalue weighted by Gasteiger charge is 2.33. The zero-order valence-electron chi connectivity index (χ0n) is 10.6. The molecule has 0 radical (unpaired) electrons. The van der Waals surface area contributed by atoms with Gasteiger partial charge in [0.05, 0.1) is 6.04 Å². The number of likely N-dealkylation sites (N-methyl/N-ethyl adjacent to an activating group) is 1. The van der Waals surface area contributed by atoms with Crippen molar-refractivity contribution in [3.05, 3.63) is 0 Å². The van der Waals surface area contributed by atoms with Gasteiger partial charge >= 0.3 is 0 Å². The number of rotatable bonds is 2. The summed E-state index contributed by atoms with van der Waals surface area (Å²) >= 11 is 0. The summed E-state index contributed by atoms with van der Waals surface area (Å²) in [5.74, 6) is 0.147. The molecule has 0 aromatic carbocycles. The van der Waals surface area contributed by atoms with Crippen LogP contribution in [0.2, 0.25) is 0 Å². The molecule has 2 saturated heterocycles. The lowest BCUT2D eigenvalue weighted by Gasteiger charge is -2.41. The first kappa shape index (κ1) is 12.8. The van der Waals surface area contributed by atoms with Gasteiger partial charge in [-0.15, -0.1) is 0 Å². The van der Waals surface area contributed by atoms with Crippen molar-refractivity contribution in [1.82, 2.24) is 9.80 Å². The predicted octanol–water partition coefficient (Wildman–Crippen LogP) is -0.343. The van der Waals surface area contributed by atoms with E-state index < -0.39 is 0 Å². The Morgan fingerprint density at radius 3 is 2.88 bits per heavy atom. The van der Waals surface area contributed by atoms with E-state index in [2.05, 4.69) is 11.9 Å². The molecule has 98 valence electrons. The fourth-order valence-corrected chi connectivity index (χ4v) is 2.62. The van der Waals surface area contributed by atoms with Crippen molar-refractivity contribution in [3.8, 4) is 0 Å². The van der Waals surface area contributed by atoms with E-state index in [4.69, 9.17) is 10.5 Å². The third kappa shape index (κ3) is 2.97. The Labute approximate surface area is 103 Å². The molecule has 0 saturated carbocycles. The van der Waals surface area contributed by atoms with Gasteiger partial charge in [0.1, 0.15) is 6.10 Å². The van der Waals surface area contributed by atoms with Gasteiger partial charge < -0.3 is 20.3 Å². The van der Waals surface area contributed by atoms with Gasteiger partial charge in [-0.2, -0.15) is 0 Å². The maximum atomic E-state index is 12.4. The largest absolute Gasteiger partial charge is 0.368 e. The number of nitrogens with two attached hydrogens (primary N) is 1. The van der Waals surface area contributed by atoms with Crippen molar-refractivity contribution < 1.29 is 9.53 Å². The van der Waals surface area contributed by atoms with Crippen LogP contribution in [0, 0.1) is 0 Å². The van der Waals surface area contributed by atoms with Crippen LogP contribution in [0.4, 0.5) is 0 Å². The highest BCUT2D eigenvalue weighted by molar-refractivity contribution is 5.81. The van der Waals surface area contributed by atoms with E-state index in [1.54, 1.807) is 0 Å². The molecular weight excluding hydrogens is 218 g/mol. The third-order valence-electron chi connectivity index (χ3n) is 3.70. The fraction of sp³-hybridized carbons (Fsp3) is 0.917. The van der Waals surface area contributed by atoms with Crippen LogP contribution in [0.5, 0.6) is 0 Å². The van der Waals surface area contributed by atoms with E-state index in [0.29, 0.717) is 6.54 Å². The Kier molecular flexibility index (Phi) is 4.36. The van der Waals surface area contributed by atoms with Crippen LogP contribution in [0.1, 0.15) is 19.3 Å². The fourth-order valence-electron chi connectivity index (χ4n) is 2.62. The van der Waals surface area contributed by atoms with Crippen LogP contribution in [0.25, 0.3) is 0 Å². The van der Waals surface area contributed by atoms with E-state index in [9.17, 15) is 4.79 Å². The first-order chi connectivity index (χ1) is 8.22. The Morgan fingerprint density at radius 2 is 2.24 bits per heavy atom. The molecule has 2 aliphatic heterocycles. The monoisotopic (exact) mass is 241 g/mol. The second-order valence-electron chi connectivity index (χ2n) is 5.04. The van der Waals surface area contributed by atoms with Gasteiger partial charge in [0, 0.05) is 32.8 Å². The SMILES string of the molecule is CN1CCN(C(=O)C2CCCCO2)C(CN)C1. The zero-order valence-corrected chi connectivity index (χ0v) is 10.6. The van der Waals surface area contributed by atoms with Crippen molar-refractivity contribution in [2.45, 2.75) is 31.4 Å². The molecule has 0 aliphatic carbocycles. The van der Waals surface area contributed by atoms with Gasteiger partial charge in [0.25, 0.3) is 5.91 Å². The number of amides is 1. The van der Waals surface area contributed by atoms with Crippen molar-refractivity contribution in [2.75, 3.05) is 39.8 Å². The summed E-state index contributed by atoms with van der Waals surface area (Å²) in [5, 5.41) is 0. The number of ether oxygens (including phenoxy) is 1. The van der Waals surface area contributed by atoms with E-state index in [-0.39, 0.29) is 18.1 Å². The molecule has 5 nitrogen and oxygen atoms in total. The Hall–Kier alpha value is -0.650. The zero-order chi connectivity index (χ0) is 12.3. The Bertz CT molecular complexity index is 266. The summed E-state index contributed by atoms with van der Waals surface area (Å²) in [6, 6.07) is 0.145. The van der Waals surface area contributed by atoms with Crippen LogP contribution < -0.4 is 5.73 Å². The van der Waals surface area contributed by atoms with E-state index >= 15 is 0 Å². The highest BCUT2D eigenvalue weighted by Crippen LogP contribution is 2.18. The maximum Gasteiger partial charge on any atom is 0.252 e. The van der Waals surface area contributed by atoms with Crippen molar-refractivity contribution in [1.29, 1.82) is 0 Å². The molecule has 1 amide bonds. The van der Waals surface area contributed by atoms with Crippen LogP contribution in [-0.4, -0.2) is 67.7 Å². The molecule has 2 fully saturated rings. The number of piperazine rings is 1. The molecule has 2 atom stereocenters. The van der Waals surface area contributed by atoms with Crippen LogP contribution >= 0.6 is 0 Å². The smallest absolute Gasteiger partial charge is 0.252 e. The minimum Gasteiger partial charge on any atom is -0.368 e. The maximum absolute atomic E-state index is 12.4. The molecule has 2 heterocycles. The molecular formula is C12H23N3O2. The quantitative estimate of drug-likeness (QED) is 0.718. The first-order valence-corrected chi connectivity index (χ1v) is 6.53. The third-order valence-corrected chi connectivity index (χ3v) is 3.70. The lowest BCUT2D eigenvalue weighted by atomic mass is 10.1. The van der Waals surface area contributed by atoms with Crippen molar-refractivity contribution in [3.63, 3.8) is 0 Å². The number of hydrogen-bond acceptors (Lipinski definition) is 4. The average molecular weight is 241 g/mol. The molecule has 17 heavy (non-hydrogen) atoms. The predicted molar refractivity (Wildman–Crippen MR) is 65.6 cm³/mol. The van der Waals surface area contributed by atoms with Crippen LogP contribution in [0.15, 0.2) is 0 Å². The molecule has 0 bridgehead atoms. The summed E-state index contributed by atoms with van der Waals surface area (Å²) in [6.07, 6.45) is 2.81. The molecule has 5 heteroatoms. The minimum atomic E-state index is -0.221. The van der Waals surface area contributed by atoms with E-state index in [1.807, 2.05) is 4.90 Å². The number of hydrogen-bond donors (Lipinski definition) is 1. The normalized spacial score (nSPS) is 31.5. The number of carbonyl (C=O) groups excluding carboxylic acids is 1. The summed E-state index contributed by atoms with van der Waals surface area (Å²) in [5.41, 5.74) is 5.76. The second kappa shape index (κ2) is 5.80. The molecule has 2 N–H and O–H groups in total. The van der Waals surface area contributed by atoms with Gasteiger partial charge in [0.15, 0.2) is 0 Å². The summed E-state index contributed by atoms with van der Waals surface area (Å²) < 4.78 is 5.57. The number of carbonyl (C=O) groups is 1. The molecule has 0 spiro atoms. The molecule has 0 aromatic heterocycles. The Morgan fingerprint density at radius 1 is 1.41 bits per heavy atom. The molecule has 2 rings (SSSR count). The summed E-state index contributed by atoms with van der Waals surface area (Å²) in [7, 11) is 2.07. The van der Waals surface area contributed by atoms with E-state index in [0.717, 1.165) is 45.5 Å². The van der Waals surface area contributed by atoms with Crippen molar-refractivity contribution >= 4 is 5.91 Å².